The number of rotatable bonds is 6. The maximum atomic E-state index is 13.7. The number of Topliss-reactive ketones (excluding diaryl/α,β-unsaturated/α-hetero) is 1. The molecule has 0 amide bonds. The van der Waals surface area contributed by atoms with Crippen molar-refractivity contribution in [3.63, 3.8) is 0 Å². The van der Waals surface area contributed by atoms with E-state index >= 15 is 0 Å². The first-order valence-corrected chi connectivity index (χ1v) is 9.27. The number of nitriles is 1. The van der Waals surface area contributed by atoms with E-state index in [1.807, 2.05) is 12.1 Å². The SMILES string of the molecule is N#Cc1ccc(COc2ccc(-n3cc(C(=O)C(=O)O)c4cc(F)ccc43)cc2)cc1. The number of aromatic nitrogens is 1. The highest BCUT2D eigenvalue weighted by atomic mass is 19.1. The van der Waals surface area contributed by atoms with Crippen LogP contribution in [0.3, 0.4) is 0 Å². The van der Waals surface area contributed by atoms with Gasteiger partial charge in [-0.1, -0.05) is 12.1 Å². The second-order valence-corrected chi connectivity index (χ2v) is 6.80. The lowest BCUT2D eigenvalue weighted by molar-refractivity contribution is -0.131. The van der Waals surface area contributed by atoms with E-state index in [1.165, 1.54) is 18.3 Å². The molecule has 0 spiro atoms. The topological polar surface area (TPSA) is 92.3 Å². The minimum atomic E-state index is -1.60. The fourth-order valence-electron chi connectivity index (χ4n) is 3.26. The third-order valence-electron chi connectivity index (χ3n) is 4.81. The molecule has 7 heteroatoms. The number of carboxylic acids is 1. The average molecular weight is 414 g/mol. The van der Waals surface area contributed by atoms with Gasteiger partial charge in [-0.25, -0.2) is 9.18 Å². The van der Waals surface area contributed by atoms with Gasteiger partial charge in [0.05, 0.1) is 22.7 Å². The van der Waals surface area contributed by atoms with E-state index in [2.05, 4.69) is 6.07 Å². The largest absolute Gasteiger partial charge is 0.489 e. The second-order valence-electron chi connectivity index (χ2n) is 6.80. The predicted octanol–water partition coefficient (Wildman–Crippen LogP) is 4.49. The number of ketones is 1. The smallest absolute Gasteiger partial charge is 0.377 e. The summed E-state index contributed by atoms with van der Waals surface area (Å²) in [6.45, 7) is 0.327. The Morgan fingerprint density at radius 1 is 1.03 bits per heavy atom. The lowest BCUT2D eigenvalue weighted by atomic mass is 10.1. The molecule has 0 unspecified atom stereocenters. The molecule has 0 radical (unpaired) electrons. The fourth-order valence-corrected chi connectivity index (χ4v) is 3.26. The Kier molecular flexibility index (Phi) is 5.21. The summed E-state index contributed by atoms with van der Waals surface area (Å²) in [7, 11) is 0. The molecule has 0 atom stereocenters. The Balaban J connectivity index is 1.60. The van der Waals surface area contributed by atoms with Crippen LogP contribution in [0.4, 0.5) is 4.39 Å². The van der Waals surface area contributed by atoms with Crippen molar-refractivity contribution < 1.29 is 23.8 Å². The first-order chi connectivity index (χ1) is 15.0. The maximum Gasteiger partial charge on any atom is 0.377 e. The molecule has 0 saturated heterocycles. The normalized spacial score (nSPS) is 10.6. The van der Waals surface area contributed by atoms with Crippen LogP contribution in [-0.2, 0) is 11.4 Å². The molecular weight excluding hydrogens is 399 g/mol. The number of carboxylic acid groups (broad SMARTS) is 1. The Bertz CT molecular complexity index is 1330. The highest BCUT2D eigenvalue weighted by Crippen LogP contribution is 2.27. The third kappa shape index (κ3) is 4.00. The number of fused-ring (bicyclic) bond motifs is 1. The van der Waals surface area contributed by atoms with Crippen LogP contribution in [0, 0.1) is 17.1 Å². The van der Waals surface area contributed by atoms with E-state index in [0.717, 1.165) is 11.6 Å². The molecule has 1 heterocycles. The van der Waals surface area contributed by atoms with E-state index in [-0.39, 0.29) is 10.9 Å². The number of hydrogen-bond acceptors (Lipinski definition) is 4. The van der Waals surface area contributed by atoms with Crippen LogP contribution in [0.1, 0.15) is 21.5 Å². The number of hydrogen-bond donors (Lipinski definition) is 1. The van der Waals surface area contributed by atoms with E-state index in [0.29, 0.717) is 29.1 Å². The number of halogens is 1. The van der Waals surface area contributed by atoms with Gasteiger partial charge in [-0.05, 0) is 60.2 Å². The summed E-state index contributed by atoms with van der Waals surface area (Å²) in [4.78, 5) is 23.2. The van der Waals surface area contributed by atoms with Gasteiger partial charge >= 0.3 is 5.97 Å². The van der Waals surface area contributed by atoms with Crippen molar-refractivity contribution in [2.75, 3.05) is 0 Å². The number of carbonyl (C=O) groups is 2. The standard InChI is InChI=1S/C24H15FN2O4/c25-17-5-10-22-20(11-17)21(23(28)24(29)30)13-27(22)18-6-8-19(9-7-18)31-14-16-3-1-15(12-26)2-4-16/h1-11,13H,14H2,(H,29,30). The number of benzene rings is 3. The van der Waals surface area contributed by atoms with E-state index in [1.54, 1.807) is 41.0 Å². The first-order valence-electron chi connectivity index (χ1n) is 9.27. The zero-order chi connectivity index (χ0) is 22.0. The summed E-state index contributed by atoms with van der Waals surface area (Å²) in [5.74, 6) is -2.65. The molecule has 4 aromatic rings. The van der Waals surface area contributed by atoms with Crippen molar-refractivity contribution >= 4 is 22.7 Å². The number of nitrogens with zero attached hydrogens (tertiary/aromatic N) is 2. The fraction of sp³-hybridized carbons (Fsp3) is 0.0417. The molecule has 6 nitrogen and oxygen atoms in total. The third-order valence-corrected chi connectivity index (χ3v) is 4.81. The van der Waals surface area contributed by atoms with Crippen LogP contribution < -0.4 is 4.74 Å². The molecule has 1 aromatic heterocycles. The highest BCUT2D eigenvalue weighted by Gasteiger charge is 2.21. The molecule has 0 aliphatic carbocycles. The Labute approximate surface area is 176 Å². The van der Waals surface area contributed by atoms with Gasteiger partial charge in [0.1, 0.15) is 18.2 Å². The van der Waals surface area contributed by atoms with Crippen LogP contribution in [0.2, 0.25) is 0 Å². The summed E-state index contributed by atoms with van der Waals surface area (Å²) in [5.41, 5.74) is 2.58. The van der Waals surface area contributed by atoms with Gasteiger partial charge in [-0.15, -0.1) is 0 Å². The van der Waals surface area contributed by atoms with Crippen molar-refractivity contribution in [2.24, 2.45) is 0 Å². The zero-order valence-electron chi connectivity index (χ0n) is 16.1. The van der Waals surface area contributed by atoms with Gasteiger partial charge in [0, 0.05) is 17.3 Å². The number of ether oxygens (including phenoxy) is 1. The van der Waals surface area contributed by atoms with Crippen LogP contribution in [0.15, 0.2) is 72.9 Å². The molecule has 0 fully saturated rings. The van der Waals surface area contributed by atoms with Crippen molar-refractivity contribution in [1.82, 2.24) is 4.57 Å². The van der Waals surface area contributed by atoms with E-state index < -0.39 is 17.6 Å². The molecule has 152 valence electrons. The Morgan fingerprint density at radius 3 is 2.39 bits per heavy atom. The van der Waals surface area contributed by atoms with Gasteiger partial charge in [0.2, 0.25) is 0 Å². The molecule has 31 heavy (non-hydrogen) atoms. The summed E-state index contributed by atoms with van der Waals surface area (Å²) < 4.78 is 21.1. The molecule has 0 saturated carbocycles. The Hall–Kier alpha value is -4.44. The molecule has 0 aliphatic rings. The van der Waals surface area contributed by atoms with Gasteiger partial charge in [-0.3, -0.25) is 4.79 Å². The van der Waals surface area contributed by atoms with Crippen LogP contribution in [0.5, 0.6) is 5.75 Å². The quantitative estimate of drug-likeness (QED) is 0.371. The molecule has 3 aromatic carbocycles. The minimum absolute atomic E-state index is 0.0804. The highest BCUT2D eigenvalue weighted by molar-refractivity contribution is 6.42. The van der Waals surface area contributed by atoms with Gasteiger partial charge < -0.3 is 14.4 Å². The maximum absolute atomic E-state index is 13.7. The number of aliphatic carboxylic acids is 1. The summed E-state index contributed by atoms with van der Waals surface area (Å²) in [5, 5.41) is 18.2. The van der Waals surface area contributed by atoms with Crippen LogP contribution >= 0.6 is 0 Å². The number of carbonyl (C=O) groups excluding carboxylic acids is 1. The van der Waals surface area contributed by atoms with Gasteiger partial charge in [-0.2, -0.15) is 5.26 Å². The molecule has 0 bridgehead atoms. The van der Waals surface area contributed by atoms with Gasteiger partial charge in [0.25, 0.3) is 5.78 Å². The van der Waals surface area contributed by atoms with E-state index in [9.17, 15) is 14.0 Å². The monoisotopic (exact) mass is 414 g/mol. The van der Waals surface area contributed by atoms with Crippen molar-refractivity contribution in [3.05, 3.63) is 95.4 Å². The Morgan fingerprint density at radius 2 is 1.74 bits per heavy atom. The molecular formula is C24H15FN2O4. The van der Waals surface area contributed by atoms with Crippen molar-refractivity contribution in [1.29, 1.82) is 5.26 Å². The van der Waals surface area contributed by atoms with Crippen LogP contribution in [-0.4, -0.2) is 21.4 Å². The van der Waals surface area contributed by atoms with E-state index in [4.69, 9.17) is 15.1 Å². The zero-order valence-corrected chi connectivity index (χ0v) is 16.1. The average Bonchev–Trinajstić information content (AvgIpc) is 3.16. The lowest BCUT2D eigenvalue weighted by Crippen LogP contribution is -2.12. The van der Waals surface area contributed by atoms with Crippen molar-refractivity contribution in [2.45, 2.75) is 6.61 Å². The molecule has 4 rings (SSSR count). The van der Waals surface area contributed by atoms with Crippen molar-refractivity contribution in [3.8, 4) is 17.5 Å². The molecule has 1 N–H and O–H groups in total. The lowest BCUT2D eigenvalue weighted by Gasteiger charge is -2.09. The summed E-state index contributed by atoms with van der Waals surface area (Å²) >= 11 is 0. The predicted molar refractivity (Wildman–Crippen MR) is 111 cm³/mol. The van der Waals surface area contributed by atoms with Gasteiger partial charge in [0.15, 0.2) is 0 Å². The second kappa shape index (κ2) is 8.13. The summed E-state index contributed by atoms with van der Waals surface area (Å²) in [6, 6.07) is 20.0. The van der Waals surface area contributed by atoms with Crippen LogP contribution in [0.25, 0.3) is 16.6 Å². The summed E-state index contributed by atoms with van der Waals surface area (Å²) in [6.07, 6.45) is 1.40. The first kappa shape index (κ1) is 19.9. The minimum Gasteiger partial charge on any atom is -0.489 e. The molecule has 0 aliphatic heterocycles.